The van der Waals surface area contributed by atoms with Gasteiger partial charge in [-0.25, -0.2) is 0 Å². The van der Waals surface area contributed by atoms with Crippen molar-refractivity contribution in [2.75, 3.05) is 19.6 Å². The lowest BCUT2D eigenvalue weighted by Gasteiger charge is -2.45. The molecular weight excluding hydrogens is 236 g/mol. The Balaban J connectivity index is 2.16. The Morgan fingerprint density at radius 1 is 1.37 bits per heavy atom. The van der Waals surface area contributed by atoms with Gasteiger partial charge in [-0.1, -0.05) is 13.8 Å². The highest BCUT2D eigenvalue weighted by Crippen LogP contribution is 2.23. The lowest BCUT2D eigenvalue weighted by molar-refractivity contribution is 0.0612. The maximum absolute atomic E-state index is 4.66. The molecule has 4 nitrogen and oxygen atoms in total. The molecule has 1 aliphatic heterocycles. The Morgan fingerprint density at radius 2 is 2.16 bits per heavy atom. The Labute approximate surface area is 117 Å². The highest BCUT2D eigenvalue weighted by atomic mass is 15.3. The topological polar surface area (TPSA) is 33.1 Å². The number of hydrogen-bond donors (Lipinski definition) is 1. The number of piperazine rings is 1. The summed E-state index contributed by atoms with van der Waals surface area (Å²) in [5, 5.41) is 8.18. The number of aromatic nitrogens is 2. The van der Waals surface area contributed by atoms with Gasteiger partial charge in [0.1, 0.15) is 0 Å². The molecule has 2 heterocycles. The Hall–Kier alpha value is -0.870. The maximum Gasteiger partial charge on any atom is 0.0625 e. The van der Waals surface area contributed by atoms with Crippen molar-refractivity contribution in [2.24, 2.45) is 0 Å². The van der Waals surface area contributed by atoms with Crippen molar-refractivity contribution in [3.8, 4) is 0 Å². The molecule has 4 heteroatoms. The van der Waals surface area contributed by atoms with Crippen LogP contribution in [0.15, 0.2) is 6.07 Å². The van der Waals surface area contributed by atoms with E-state index in [4.69, 9.17) is 0 Å². The molecule has 0 aromatic carbocycles. The average Bonchev–Trinajstić information content (AvgIpc) is 2.84. The van der Waals surface area contributed by atoms with Crippen molar-refractivity contribution >= 4 is 0 Å². The number of rotatable bonds is 5. The summed E-state index contributed by atoms with van der Waals surface area (Å²) < 4.78 is 2.16. The van der Waals surface area contributed by atoms with Gasteiger partial charge in [0.2, 0.25) is 0 Å². The van der Waals surface area contributed by atoms with E-state index in [0.717, 1.165) is 39.1 Å². The third-order valence-corrected chi connectivity index (χ3v) is 4.52. The van der Waals surface area contributed by atoms with Crippen LogP contribution in [-0.4, -0.2) is 39.9 Å². The van der Waals surface area contributed by atoms with Crippen LogP contribution in [0.4, 0.5) is 0 Å². The summed E-state index contributed by atoms with van der Waals surface area (Å²) in [5.41, 5.74) is 2.85. The largest absolute Gasteiger partial charge is 0.314 e. The number of nitrogens with one attached hydrogen (secondary N) is 1. The van der Waals surface area contributed by atoms with Gasteiger partial charge in [0.25, 0.3) is 0 Å². The molecule has 0 amide bonds. The van der Waals surface area contributed by atoms with Crippen molar-refractivity contribution in [1.82, 2.24) is 20.0 Å². The van der Waals surface area contributed by atoms with Crippen molar-refractivity contribution in [3.63, 3.8) is 0 Å². The maximum atomic E-state index is 4.66. The predicted molar refractivity (Wildman–Crippen MR) is 79.3 cm³/mol. The third kappa shape index (κ3) is 3.00. The van der Waals surface area contributed by atoms with E-state index < -0.39 is 0 Å². The van der Waals surface area contributed by atoms with Crippen LogP contribution >= 0.6 is 0 Å². The number of hydrogen-bond acceptors (Lipinski definition) is 3. The second-order valence-corrected chi connectivity index (χ2v) is 5.75. The van der Waals surface area contributed by atoms with Crippen LogP contribution in [0.2, 0.25) is 0 Å². The van der Waals surface area contributed by atoms with Gasteiger partial charge < -0.3 is 5.32 Å². The monoisotopic (exact) mass is 264 g/mol. The smallest absolute Gasteiger partial charge is 0.0625 e. The van der Waals surface area contributed by atoms with Crippen molar-refractivity contribution in [3.05, 3.63) is 17.5 Å². The molecule has 1 N–H and O–H groups in total. The van der Waals surface area contributed by atoms with Crippen LogP contribution in [0.3, 0.4) is 0 Å². The predicted octanol–water partition coefficient (Wildman–Crippen LogP) is 2.04. The quantitative estimate of drug-likeness (QED) is 0.883. The first-order valence-electron chi connectivity index (χ1n) is 7.64. The fourth-order valence-electron chi connectivity index (χ4n) is 2.86. The normalized spacial score (nSPS) is 24.8. The molecule has 1 atom stereocenters. The van der Waals surface area contributed by atoms with Crippen LogP contribution < -0.4 is 5.32 Å². The molecule has 108 valence electrons. The van der Waals surface area contributed by atoms with Gasteiger partial charge in [-0.2, -0.15) is 5.10 Å². The number of aryl methyl sites for hydroxylation is 2. The highest BCUT2D eigenvalue weighted by Gasteiger charge is 2.33. The summed E-state index contributed by atoms with van der Waals surface area (Å²) in [6.07, 6.45) is 2.20. The second kappa shape index (κ2) is 6.06. The lowest BCUT2D eigenvalue weighted by atomic mass is 9.94. The van der Waals surface area contributed by atoms with Crippen LogP contribution in [-0.2, 0) is 19.5 Å². The molecule has 1 aliphatic rings. The molecule has 0 spiro atoms. The van der Waals surface area contributed by atoms with Gasteiger partial charge in [-0.15, -0.1) is 0 Å². The Kier molecular flexibility index (Phi) is 4.63. The van der Waals surface area contributed by atoms with E-state index in [2.05, 4.69) is 53.8 Å². The third-order valence-electron chi connectivity index (χ3n) is 4.52. The molecule has 0 bridgehead atoms. The Bertz CT molecular complexity index is 412. The summed E-state index contributed by atoms with van der Waals surface area (Å²) in [6.45, 7) is 14.3. The minimum absolute atomic E-state index is 0.271. The van der Waals surface area contributed by atoms with E-state index in [1.165, 1.54) is 17.8 Å². The molecule has 0 aliphatic carbocycles. The van der Waals surface area contributed by atoms with Gasteiger partial charge in [-0.05, 0) is 32.8 Å². The summed E-state index contributed by atoms with van der Waals surface area (Å²) in [7, 11) is 0. The van der Waals surface area contributed by atoms with Crippen LogP contribution in [0.5, 0.6) is 0 Å². The van der Waals surface area contributed by atoms with Crippen molar-refractivity contribution in [1.29, 1.82) is 0 Å². The van der Waals surface area contributed by atoms with Crippen molar-refractivity contribution in [2.45, 2.75) is 59.2 Å². The summed E-state index contributed by atoms with van der Waals surface area (Å²) in [4.78, 5) is 2.62. The van der Waals surface area contributed by atoms with Gasteiger partial charge in [0.15, 0.2) is 0 Å². The fraction of sp³-hybridized carbons (Fsp3) is 0.800. The van der Waals surface area contributed by atoms with Crippen LogP contribution in [0, 0.1) is 0 Å². The van der Waals surface area contributed by atoms with Crippen molar-refractivity contribution < 1.29 is 0 Å². The van der Waals surface area contributed by atoms with Gasteiger partial charge in [0.05, 0.1) is 11.4 Å². The van der Waals surface area contributed by atoms with Gasteiger partial charge in [-0.3, -0.25) is 9.58 Å². The van der Waals surface area contributed by atoms with Gasteiger partial charge in [0, 0.05) is 38.3 Å². The van der Waals surface area contributed by atoms with E-state index in [-0.39, 0.29) is 5.54 Å². The molecule has 0 saturated carbocycles. The standard InChI is InChI=1S/C15H28N4/c1-5-13-10-14(19(7-3)17-13)11-18-9-8-16-12-15(18,4)6-2/h10,16H,5-9,11-12H2,1-4H3. The number of nitrogens with zero attached hydrogens (tertiary/aromatic N) is 3. The molecule has 2 rings (SSSR count). The van der Waals surface area contributed by atoms with Crippen LogP contribution in [0.25, 0.3) is 0 Å². The van der Waals surface area contributed by atoms with E-state index in [0.29, 0.717) is 0 Å². The summed E-state index contributed by atoms with van der Waals surface area (Å²) >= 11 is 0. The summed E-state index contributed by atoms with van der Waals surface area (Å²) in [6, 6.07) is 2.28. The fourth-order valence-corrected chi connectivity index (χ4v) is 2.86. The van der Waals surface area contributed by atoms with E-state index in [1.807, 2.05) is 0 Å². The minimum Gasteiger partial charge on any atom is -0.314 e. The molecule has 1 aromatic rings. The highest BCUT2D eigenvalue weighted by molar-refractivity contribution is 5.11. The Morgan fingerprint density at radius 3 is 2.79 bits per heavy atom. The average molecular weight is 264 g/mol. The second-order valence-electron chi connectivity index (χ2n) is 5.75. The zero-order valence-electron chi connectivity index (χ0n) is 12.9. The lowest BCUT2D eigenvalue weighted by Crippen LogP contribution is -2.58. The molecule has 0 radical (unpaired) electrons. The van der Waals surface area contributed by atoms with E-state index in [1.54, 1.807) is 0 Å². The molecular formula is C15H28N4. The molecule has 1 fully saturated rings. The molecule has 19 heavy (non-hydrogen) atoms. The van der Waals surface area contributed by atoms with E-state index in [9.17, 15) is 0 Å². The SMILES string of the molecule is CCc1cc(CN2CCNCC2(C)CC)n(CC)n1. The first-order chi connectivity index (χ1) is 9.12. The summed E-state index contributed by atoms with van der Waals surface area (Å²) in [5.74, 6) is 0. The molecule has 1 aromatic heterocycles. The molecule has 1 unspecified atom stereocenters. The minimum atomic E-state index is 0.271. The molecule has 1 saturated heterocycles. The van der Waals surface area contributed by atoms with Gasteiger partial charge >= 0.3 is 0 Å². The van der Waals surface area contributed by atoms with E-state index >= 15 is 0 Å². The zero-order chi connectivity index (χ0) is 13.9. The first kappa shape index (κ1) is 14.5. The first-order valence-corrected chi connectivity index (χ1v) is 7.64. The zero-order valence-corrected chi connectivity index (χ0v) is 12.9. The van der Waals surface area contributed by atoms with Crippen LogP contribution in [0.1, 0.15) is 45.5 Å².